The fourth-order valence-corrected chi connectivity index (χ4v) is 4.13. The van der Waals surface area contributed by atoms with Crippen molar-refractivity contribution in [1.82, 2.24) is 20.3 Å². The molecule has 0 unspecified atom stereocenters. The van der Waals surface area contributed by atoms with Gasteiger partial charge in [-0.15, -0.1) is 0 Å². The van der Waals surface area contributed by atoms with Crippen LogP contribution in [0.5, 0.6) is 11.6 Å². The van der Waals surface area contributed by atoms with E-state index in [-0.39, 0.29) is 28.4 Å². The first kappa shape index (κ1) is 28.8. The summed E-state index contributed by atoms with van der Waals surface area (Å²) in [5.41, 5.74) is 2.21. The molecule has 0 saturated heterocycles. The molecule has 3 aromatic rings. The molecule has 212 valence electrons. The molecular weight excluding hydrogens is 510 g/mol. The van der Waals surface area contributed by atoms with Gasteiger partial charge in [-0.3, -0.25) is 9.59 Å². The molecule has 4 rings (SSSR count). The maximum atomic E-state index is 13.4. The number of carbonyl (C=O) groups is 3. The molecular formula is C30H37N5O5. The van der Waals surface area contributed by atoms with E-state index in [2.05, 4.69) is 20.9 Å². The Balaban J connectivity index is 1.59. The van der Waals surface area contributed by atoms with E-state index in [1.165, 1.54) is 10.9 Å². The lowest BCUT2D eigenvalue weighted by Gasteiger charge is -2.22. The molecule has 0 saturated carbocycles. The first-order valence-electron chi connectivity index (χ1n) is 13.2. The number of fused-ring (bicyclic) bond motifs is 1. The van der Waals surface area contributed by atoms with Gasteiger partial charge in [-0.25, -0.2) is 9.48 Å². The molecule has 0 bridgehead atoms. The van der Waals surface area contributed by atoms with E-state index >= 15 is 0 Å². The summed E-state index contributed by atoms with van der Waals surface area (Å²) >= 11 is 0. The van der Waals surface area contributed by atoms with Crippen molar-refractivity contribution in [3.05, 3.63) is 58.8 Å². The van der Waals surface area contributed by atoms with Gasteiger partial charge in [-0.1, -0.05) is 57.9 Å². The first-order chi connectivity index (χ1) is 18.4. The number of amides is 2. The van der Waals surface area contributed by atoms with Crippen molar-refractivity contribution in [1.29, 1.82) is 0 Å². The van der Waals surface area contributed by atoms with E-state index in [9.17, 15) is 14.4 Å². The molecule has 2 amide bonds. The van der Waals surface area contributed by atoms with E-state index in [4.69, 9.17) is 9.47 Å². The number of rotatable bonds is 5. The number of hydrogen-bond donors (Lipinski definition) is 2. The number of hydrogen-bond acceptors (Lipinski definition) is 7. The fraction of sp³-hybridized carbons (Fsp3) is 0.433. The Morgan fingerprint density at radius 3 is 2.42 bits per heavy atom. The number of nitrogens with one attached hydrogen (secondary N) is 2. The molecule has 0 atom stereocenters. The zero-order valence-electron chi connectivity index (χ0n) is 24.6. The Morgan fingerprint density at radius 1 is 1.07 bits per heavy atom. The van der Waals surface area contributed by atoms with Gasteiger partial charge in [0.1, 0.15) is 0 Å². The minimum atomic E-state index is -1.02. The van der Waals surface area contributed by atoms with Gasteiger partial charge in [-0.2, -0.15) is 0 Å². The quantitative estimate of drug-likeness (QED) is 0.425. The number of anilines is 1. The largest absolute Gasteiger partial charge is 0.477 e. The van der Waals surface area contributed by atoms with Crippen molar-refractivity contribution in [3.63, 3.8) is 0 Å². The van der Waals surface area contributed by atoms with E-state index in [1.54, 1.807) is 32.0 Å². The molecule has 0 spiro atoms. The summed E-state index contributed by atoms with van der Waals surface area (Å²) in [5, 5.41) is 13.7. The summed E-state index contributed by atoms with van der Waals surface area (Å²) < 4.78 is 12.7. The third kappa shape index (κ3) is 6.16. The SMILES string of the molecule is Cc1ccc(C(=O)Nc2cc(C(C)(C)C)cc3c2OC(C)(C)C3=O)cc1-n1cc(OC(=O)NCC(C)(C)C)nn1. The third-order valence-corrected chi connectivity index (χ3v) is 6.50. The Bertz CT molecular complexity index is 1490. The van der Waals surface area contributed by atoms with E-state index in [1.807, 2.05) is 60.6 Å². The van der Waals surface area contributed by atoms with Gasteiger partial charge < -0.3 is 20.1 Å². The summed E-state index contributed by atoms with van der Waals surface area (Å²) in [6.45, 7) is 17.9. The van der Waals surface area contributed by atoms with Crippen molar-refractivity contribution < 1.29 is 23.9 Å². The standard InChI is InChI=1S/C30H37N5O5/c1-17-10-11-18(12-22(17)35-15-23(33-34-35)39-27(38)31-16-28(2,3)4)26(37)32-21-14-19(29(5,6)7)13-20-24(21)40-30(8,9)25(20)36/h10-15H,16H2,1-9H3,(H,31,38)(H,32,37). The van der Waals surface area contributed by atoms with Crippen LogP contribution in [0.1, 0.15) is 87.2 Å². The Hall–Kier alpha value is -4.21. The molecule has 40 heavy (non-hydrogen) atoms. The second kappa shape index (κ2) is 10.1. The number of aromatic nitrogens is 3. The molecule has 10 heteroatoms. The summed E-state index contributed by atoms with van der Waals surface area (Å²) in [6.07, 6.45) is 0.850. The maximum Gasteiger partial charge on any atom is 0.414 e. The van der Waals surface area contributed by atoms with Gasteiger partial charge in [0.05, 0.1) is 23.1 Å². The first-order valence-corrected chi connectivity index (χ1v) is 13.2. The van der Waals surface area contributed by atoms with Gasteiger partial charge in [0.25, 0.3) is 11.8 Å². The summed E-state index contributed by atoms with van der Waals surface area (Å²) in [7, 11) is 0. The number of aryl methyl sites for hydroxylation is 1. The topological polar surface area (TPSA) is 124 Å². The van der Waals surface area contributed by atoms with Crippen molar-refractivity contribution >= 4 is 23.5 Å². The average Bonchev–Trinajstić information content (AvgIpc) is 3.39. The molecule has 2 aromatic carbocycles. The molecule has 2 heterocycles. The molecule has 1 aliphatic rings. The van der Waals surface area contributed by atoms with Crippen molar-refractivity contribution in [2.45, 2.75) is 73.3 Å². The lowest BCUT2D eigenvalue weighted by atomic mass is 9.84. The van der Waals surface area contributed by atoms with Crippen molar-refractivity contribution in [3.8, 4) is 17.3 Å². The van der Waals surface area contributed by atoms with Crippen LogP contribution in [0.25, 0.3) is 5.69 Å². The van der Waals surface area contributed by atoms with Crippen LogP contribution in [0.3, 0.4) is 0 Å². The molecule has 0 radical (unpaired) electrons. The highest BCUT2D eigenvalue weighted by Gasteiger charge is 2.42. The van der Waals surface area contributed by atoms with Crippen molar-refractivity contribution in [2.75, 3.05) is 11.9 Å². The van der Waals surface area contributed by atoms with Crippen LogP contribution in [-0.4, -0.2) is 44.9 Å². The number of nitrogens with zero attached hydrogens (tertiary/aromatic N) is 3. The van der Waals surface area contributed by atoms with Gasteiger partial charge in [0.2, 0.25) is 5.78 Å². The number of ether oxygens (including phenoxy) is 2. The number of benzene rings is 2. The third-order valence-electron chi connectivity index (χ3n) is 6.50. The van der Waals surface area contributed by atoms with E-state index in [0.717, 1.165) is 11.1 Å². The van der Waals surface area contributed by atoms with Gasteiger partial charge in [0, 0.05) is 12.1 Å². The average molecular weight is 548 g/mol. The highest BCUT2D eigenvalue weighted by Crippen LogP contribution is 2.43. The summed E-state index contributed by atoms with van der Waals surface area (Å²) in [6, 6.07) is 8.87. The Labute approximate surface area is 234 Å². The second-order valence-electron chi connectivity index (χ2n) is 12.9. The van der Waals surface area contributed by atoms with Crippen LogP contribution >= 0.6 is 0 Å². The molecule has 0 aliphatic carbocycles. The predicted octanol–water partition coefficient (Wildman–Crippen LogP) is 5.61. The molecule has 10 nitrogen and oxygen atoms in total. The van der Waals surface area contributed by atoms with Crippen LogP contribution in [0.2, 0.25) is 0 Å². The van der Waals surface area contributed by atoms with Crippen LogP contribution in [0.15, 0.2) is 36.5 Å². The lowest BCUT2D eigenvalue weighted by Crippen LogP contribution is -2.34. The van der Waals surface area contributed by atoms with Gasteiger partial charge in [-0.05, 0) is 67.0 Å². The molecule has 0 fully saturated rings. The number of carbonyl (C=O) groups excluding carboxylic acids is 3. The molecule has 2 N–H and O–H groups in total. The van der Waals surface area contributed by atoms with Crippen molar-refractivity contribution in [2.24, 2.45) is 5.41 Å². The molecule has 1 aromatic heterocycles. The van der Waals surface area contributed by atoms with Crippen LogP contribution in [0.4, 0.5) is 10.5 Å². The summed E-state index contributed by atoms with van der Waals surface area (Å²) in [4.78, 5) is 38.6. The summed E-state index contributed by atoms with van der Waals surface area (Å²) in [5.74, 6) is -0.113. The zero-order chi connectivity index (χ0) is 29.6. The molecule has 1 aliphatic heterocycles. The van der Waals surface area contributed by atoms with E-state index in [0.29, 0.717) is 34.8 Å². The maximum absolute atomic E-state index is 13.4. The minimum absolute atomic E-state index is 0.0275. The normalized spacial score (nSPS) is 14.4. The second-order valence-corrected chi connectivity index (χ2v) is 12.9. The van der Waals surface area contributed by atoms with E-state index < -0.39 is 11.7 Å². The van der Waals surface area contributed by atoms with Crippen LogP contribution < -0.4 is 20.1 Å². The zero-order valence-corrected chi connectivity index (χ0v) is 24.6. The monoisotopic (exact) mass is 547 g/mol. The van der Waals surface area contributed by atoms with Crippen LogP contribution in [-0.2, 0) is 5.41 Å². The number of Topliss-reactive ketones (excluding diaryl/α,β-unsaturated/α-hetero) is 1. The predicted molar refractivity (Wildman–Crippen MR) is 152 cm³/mol. The minimum Gasteiger partial charge on any atom is -0.477 e. The van der Waals surface area contributed by atoms with Crippen LogP contribution in [0, 0.1) is 12.3 Å². The Morgan fingerprint density at radius 2 is 1.77 bits per heavy atom. The smallest absolute Gasteiger partial charge is 0.414 e. The fourth-order valence-electron chi connectivity index (χ4n) is 4.13. The van der Waals surface area contributed by atoms with Gasteiger partial charge in [0.15, 0.2) is 11.4 Å². The highest BCUT2D eigenvalue weighted by molar-refractivity contribution is 6.11. The lowest BCUT2D eigenvalue weighted by molar-refractivity contribution is 0.0685. The van der Waals surface area contributed by atoms with Gasteiger partial charge >= 0.3 is 6.09 Å². The highest BCUT2D eigenvalue weighted by atomic mass is 16.6. The number of ketones is 1. The Kier molecular flexibility index (Phi) is 7.25.